The fourth-order valence-electron chi connectivity index (χ4n) is 18.2. The van der Waals surface area contributed by atoms with E-state index in [4.69, 9.17) is 44.3 Å². The molecule has 4 aliphatic rings. The van der Waals surface area contributed by atoms with Crippen LogP contribution in [0.25, 0.3) is 110 Å². The number of rotatable bonds is 19. The molecule has 8 aromatic heterocycles. The largest absolute Gasteiger partial charge is 0.457 e. The highest BCUT2D eigenvalue weighted by molar-refractivity contribution is 6.34. The third-order valence-corrected chi connectivity index (χ3v) is 26.2. The van der Waals surface area contributed by atoms with E-state index < -0.39 is 40.1 Å². The van der Waals surface area contributed by atoms with Crippen molar-refractivity contribution in [2.75, 3.05) is 6.79 Å². The lowest BCUT2D eigenvalue weighted by atomic mass is 9.92. The summed E-state index contributed by atoms with van der Waals surface area (Å²) in [6.45, 7) is 17.6. The molecule has 31 heteroatoms. The minimum absolute atomic E-state index is 0.0760. The Bertz CT molecular complexity index is 8580. The summed E-state index contributed by atoms with van der Waals surface area (Å²) in [6.07, 6.45) is 24.6. The summed E-state index contributed by atoms with van der Waals surface area (Å²) >= 11 is 19.6. The van der Waals surface area contributed by atoms with Gasteiger partial charge in [0.15, 0.2) is 46.3 Å². The SMILES string of the molecule is CC(=O)c1c(C2=CC=CCC2=O)c2cc(C)c(F)cc2n1Cc1cc2[nH]cnc2cc1Cl.CC(=O)c1c(C2=CC=CCC2=O)c2cc(C)c(F)cc2n1Cc1cc2c(=O)[nH]cnc2cc1F.CC(=O)c1c(C2=CC=CCC2=O)c2cc(C)c(F)cc2n1Cc1cc2ccc(F)cc2nc1Cl.CC(=O)c1c(C2=CC=CCC2=O)c2cc(C)c(F)cc2n1Cc1cc2ccc(OCOC(=O)C(C)(C)C)cc2nc1Cl. The Morgan fingerprint density at radius 2 is 0.761 bits per heavy atom. The molecule has 20 rings (SSSR count). The first kappa shape index (κ1) is 98.0. The number of carbonyl (C=O) groups is 9. The van der Waals surface area contributed by atoms with E-state index in [2.05, 4.69) is 29.9 Å². The molecule has 0 fully saturated rings. The molecule has 0 spiro atoms. The Hall–Kier alpha value is -15.7. The molecule has 0 unspecified atom stereocenters. The lowest BCUT2D eigenvalue weighted by Crippen LogP contribution is -2.24. The fourth-order valence-corrected chi connectivity index (χ4v) is 18.9. The minimum Gasteiger partial charge on any atom is -0.457 e. The number of carbonyl (C=O) groups excluding carboxylic acids is 9. The second kappa shape index (κ2) is 39.6. The van der Waals surface area contributed by atoms with Gasteiger partial charge in [-0.05, 0) is 179 Å². The topological polar surface area (TPSA) is 292 Å². The Balaban J connectivity index is 0.000000131. The van der Waals surface area contributed by atoms with Gasteiger partial charge >= 0.3 is 5.97 Å². The lowest BCUT2D eigenvalue weighted by Gasteiger charge is -2.17. The molecule has 16 aromatic rings. The van der Waals surface area contributed by atoms with Crippen molar-refractivity contribution in [2.45, 2.75) is 128 Å². The van der Waals surface area contributed by atoms with Crippen molar-refractivity contribution in [1.82, 2.24) is 48.2 Å². The first-order valence-electron chi connectivity index (χ1n) is 45.1. The minimum atomic E-state index is -0.642. The van der Waals surface area contributed by atoms with E-state index in [1.807, 2.05) is 18.2 Å². The smallest absolute Gasteiger partial charge is 0.314 e. The van der Waals surface area contributed by atoms with E-state index in [0.717, 1.165) is 28.0 Å². The summed E-state index contributed by atoms with van der Waals surface area (Å²) in [6, 6.07) is 31.4. The van der Waals surface area contributed by atoms with Gasteiger partial charge in [0.2, 0.25) is 6.79 Å². The van der Waals surface area contributed by atoms with Crippen LogP contribution in [0, 0.1) is 68.0 Å². The first-order chi connectivity index (χ1) is 67.7. The summed E-state index contributed by atoms with van der Waals surface area (Å²) in [7, 11) is 0. The number of pyridine rings is 2. The van der Waals surface area contributed by atoms with Crippen LogP contribution in [-0.2, 0) is 54.9 Å². The Morgan fingerprint density at radius 3 is 1.15 bits per heavy atom. The highest BCUT2D eigenvalue weighted by Gasteiger charge is 2.35. The highest BCUT2D eigenvalue weighted by atomic mass is 35.5. The van der Waals surface area contributed by atoms with Gasteiger partial charge in [-0.3, -0.25) is 47.9 Å². The number of aromatic nitrogens is 10. The number of aromatic amines is 2. The number of ether oxygens (including phenoxy) is 2. The normalized spacial score (nSPS) is 13.7. The van der Waals surface area contributed by atoms with Gasteiger partial charge in [0, 0.05) is 177 Å². The van der Waals surface area contributed by atoms with Gasteiger partial charge in [-0.15, -0.1) is 0 Å². The van der Waals surface area contributed by atoms with Crippen molar-refractivity contribution in [1.29, 1.82) is 0 Å². The first-order valence-corrected chi connectivity index (χ1v) is 46.2. The maximum atomic E-state index is 15.0. The van der Waals surface area contributed by atoms with E-state index in [9.17, 15) is 69.9 Å². The fraction of sp³-hybridized carbons (Fsp3) is 0.189. The highest BCUT2D eigenvalue weighted by Crippen LogP contribution is 2.44. The standard InChI is InChI=1S/C33H30ClFN2O5.C27H19ClF2N2O2.C26H19F2N3O3.C25H19ClFN3O2/c1-18-12-24-27(15-25(18)35)37(30(19(2)38)29(24)23-8-6-7-9-28(23)39)16-21-13-20-10-11-22(14-26(20)36-31(21)34)41-17-42-32(40)33(3,4)5;1-14-9-20-23(12-21(14)30)32(26(15(2)33)25(20)19-5-3-4-6-24(19)34)13-17-10-16-7-8-18(29)11-22(16)31-27(17)28;1-13-7-18-22(10-19(13)27)31(25(14(2)32)24(18)16-5-3-4-6-23(16)33)11-15-8-17-21(9-20(15)28)29-12-30-26(17)34;1-13-7-17-22(10-19(13)27)30(11-15-8-20-21(9-18(15)26)29-12-28-20)25(14(2)31)24(17)16-5-3-4-6-23(16)32/h6-8,10-15H,9,16-17H2,1-5H3;3-5,7-12H,6,13H2,1-2H3;3-5,7-10,12H,6,11H2,1-2H3,(H,29,30,34);3-5,7-10,12H,6,11H2,1-2H3,(H,28,29). The number of Topliss-reactive ketones (excluding diaryl/α,β-unsaturated/α-hetero) is 8. The van der Waals surface area contributed by atoms with Crippen LogP contribution in [0.15, 0.2) is 212 Å². The number of hydrogen-bond acceptors (Lipinski definition) is 16. The summed E-state index contributed by atoms with van der Waals surface area (Å²) < 4.78 is 105. The summed E-state index contributed by atoms with van der Waals surface area (Å²) in [4.78, 5) is 150. The van der Waals surface area contributed by atoms with Crippen molar-refractivity contribution >= 4 is 197 Å². The van der Waals surface area contributed by atoms with Crippen LogP contribution >= 0.6 is 34.8 Å². The van der Waals surface area contributed by atoms with Gasteiger partial charge in [0.25, 0.3) is 5.56 Å². The number of benzene rings is 8. The third-order valence-electron chi connectivity index (χ3n) is 25.2. The number of hydrogen-bond donors (Lipinski definition) is 2. The summed E-state index contributed by atoms with van der Waals surface area (Å²) in [5.74, 6) is -4.24. The Morgan fingerprint density at radius 1 is 0.394 bits per heavy atom. The van der Waals surface area contributed by atoms with Gasteiger partial charge in [-0.25, -0.2) is 46.3 Å². The molecular formula is C111H87Cl3F6N10O12. The number of imidazole rings is 1. The van der Waals surface area contributed by atoms with Crippen LogP contribution in [0.2, 0.25) is 15.3 Å². The van der Waals surface area contributed by atoms with Crippen molar-refractivity contribution in [3.05, 3.63) is 357 Å². The van der Waals surface area contributed by atoms with Gasteiger partial charge in [0.1, 0.15) is 51.0 Å². The van der Waals surface area contributed by atoms with Crippen molar-refractivity contribution in [3.8, 4) is 5.75 Å². The van der Waals surface area contributed by atoms with E-state index in [1.165, 1.54) is 81.1 Å². The van der Waals surface area contributed by atoms with Crippen LogP contribution in [0.5, 0.6) is 5.75 Å². The molecule has 0 radical (unpaired) electrons. The molecule has 0 bridgehead atoms. The van der Waals surface area contributed by atoms with E-state index in [-0.39, 0.29) is 149 Å². The number of halogens is 9. The van der Waals surface area contributed by atoms with Crippen LogP contribution < -0.4 is 10.3 Å². The quantitative estimate of drug-likeness (QED) is 0.0250. The zero-order valence-electron chi connectivity index (χ0n) is 78.4. The van der Waals surface area contributed by atoms with Gasteiger partial charge in [0.05, 0.1) is 116 Å². The second-order valence-electron chi connectivity index (χ2n) is 36.0. The predicted octanol–water partition coefficient (Wildman–Crippen LogP) is 24.4. The molecule has 716 valence electrons. The zero-order chi connectivity index (χ0) is 101. The molecule has 0 saturated heterocycles. The number of allylic oxidation sites excluding steroid dienone is 16. The number of nitrogens with one attached hydrogen (secondary N) is 2. The third kappa shape index (κ3) is 19.1. The molecule has 0 atom stereocenters. The Kier molecular flexibility index (Phi) is 27.3. The zero-order valence-corrected chi connectivity index (χ0v) is 80.6. The van der Waals surface area contributed by atoms with Gasteiger partial charge in [-0.1, -0.05) is 108 Å². The monoisotopic (exact) mass is 1970 g/mol. The molecule has 0 amide bonds. The number of esters is 1. The molecule has 0 saturated carbocycles. The van der Waals surface area contributed by atoms with Crippen molar-refractivity contribution < 1.29 is 79.0 Å². The lowest BCUT2D eigenvalue weighted by molar-refractivity contribution is -0.159. The molecule has 8 aromatic carbocycles. The molecule has 0 aliphatic heterocycles. The molecule has 4 aliphatic carbocycles. The van der Waals surface area contributed by atoms with Crippen LogP contribution in [0.4, 0.5) is 26.3 Å². The molecule has 142 heavy (non-hydrogen) atoms. The maximum Gasteiger partial charge on any atom is 0.314 e. The predicted molar refractivity (Wildman–Crippen MR) is 538 cm³/mol. The average molecular weight is 1970 g/mol. The molecule has 8 heterocycles. The number of H-pyrrole nitrogens is 2. The average Bonchev–Trinajstić information content (AvgIpc) is 1.60. The second-order valence-corrected chi connectivity index (χ2v) is 37.2. The van der Waals surface area contributed by atoms with Crippen LogP contribution in [0.3, 0.4) is 0 Å². The maximum absolute atomic E-state index is 15.0. The summed E-state index contributed by atoms with van der Waals surface area (Å²) in [5, 5.41) is 4.90. The van der Waals surface area contributed by atoms with Crippen molar-refractivity contribution in [3.63, 3.8) is 0 Å². The molecule has 22 nitrogen and oxygen atoms in total. The van der Waals surface area contributed by atoms with Crippen LogP contribution in [0.1, 0.15) is 183 Å². The number of aryl methyl sites for hydroxylation is 4. The summed E-state index contributed by atoms with van der Waals surface area (Å²) in [5.41, 5.74) is 11.9. The van der Waals surface area contributed by atoms with E-state index >= 15 is 4.39 Å². The van der Waals surface area contributed by atoms with Gasteiger partial charge < -0.3 is 37.7 Å². The number of fused-ring (bicyclic) bond motifs is 8. The van der Waals surface area contributed by atoms with Crippen LogP contribution in [-0.4, -0.2) is 107 Å². The van der Waals surface area contributed by atoms with E-state index in [1.54, 1.807) is 196 Å². The number of ketones is 8. The van der Waals surface area contributed by atoms with Crippen molar-refractivity contribution in [2.24, 2.45) is 5.41 Å². The Labute approximate surface area is 821 Å². The van der Waals surface area contributed by atoms with Gasteiger partial charge in [-0.2, -0.15) is 0 Å². The number of nitrogens with zero attached hydrogens (tertiary/aromatic N) is 8. The molecule has 2 N–H and O–H groups in total. The van der Waals surface area contributed by atoms with E-state index in [0.29, 0.717) is 166 Å². The molecular weight excluding hydrogens is 1890 g/mol.